The van der Waals surface area contributed by atoms with E-state index in [1.165, 1.54) is 0 Å². The van der Waals surface area contributed by atoms with Crippen LogP contribution in [-0.4, -0.2) is 71.0 Å². The van der Waals surface area contributed by atoms with Gasteiger partial charge in [0.2, 0.25) is 5.91 Å². The maximum Gasteiger partial charge on any atom is 0.223 e. The van der Waals surface area contributed by atoms with Gasteiger partial charge in [-0.1, -0.05) is 17.3 Å². The lowest BCUT2D eigenvalue weighted by molar-refractivity contribution is -0.130. The SMILES string of the molecule is COc1cccc(CCC(=O)N2C[C@@H](N(C)C)[C@@H](n3ccnn3)C2)c1. The number of hydrogen-bond donors (Lipinski definition) is 0. The van der Waals surface area contributed by atoms with Gasteiger partial charge in [-0.05, 0) is 38.2 Å². The summed E-state index contributed by atoms with van der Waals surface area (Å²) in [5.74, 6) is 1.00. The van der Waals surface area contributed by atoms with Gasteiger partial charge in [-0.25, -0.2) is 4.68 Å². The molecule has 1 aliphatic heterocycles. The summed E-state index contributed by atoms with van der Waals surface area (Å²) >= 11 is 0. The summed E-state index contributed by atoms with van der Waals surface area (Å²) < 4.78 is 7.10. The highest BCUT2D eigenvalue weighted by Gasteiger charge is 2.37. The number of ether oxygens (including phenoxy) is 1. The minimum atomic E-state index is 0.137. The fourth-order valence-electron chi connectivity index (χ4n) is 3.37. The second kappa shape index (κ2) is 7.65. The number of hydrogen-bond acceptors (Lipinski definition) is 5. The van der Waals surface area contributed by atoms with Crippen LogP contribution in [0.3, 0.4) is 0 Å². The average Bonchev–Trinajstić information content (AvgIpc) is 3.28. The Morgan fingerprint density at radius 2 is 2.20 bits per heavy atom. The Kier molecular flexibility index (Phi) is 5.33. The van der Waals surface area contributed by atoms with E-state index in [1.54, 1.807) is 13.3 Å². The number of nitrogens with zero attached hydrogens (tertiary/aromatic N) is 5. The summed E-state index contributed by atoms with van der Waals surface area (Å²) in [6.07, 6.45) is 4.76. The normalized spacial score (nSPS) is 20.2. The summed E-state index contributed by atoms with van der Waals surface area (Å²) in [4.78, 5) is 16.8. The molecule has 2 heterocycles. The molecule has 1 fully saturated rings. The number of rotatable bonds is 6. The van der Waals surface area contributed by atoms with Gasteiger partial charge in [-0.15, -0.1) is 5.10 Å². The van der Waals surface area contributed by atoms with Gasteiger partial charge in [-0.3, -0.25) is 4.79 Å². The molecule has 7 nitrogen and oxygen atoms in total. The van der Waals surface area contributed by atoms with Gasteiger partial charge in [-0.2, -0.15) is 0 Å². The van der Waals surface area contributed by atoms with E-state index in [2.05, 4.69) is 15.2 Å². The molecule has 0 spiro atoms. The van der Waals surface area contributed by atoms with E-state index in [4.69, 9.17) is 4.74 Å². The number of aryl methyl sites for hydroxylation is 1. The first kappa shape index (κ1) is 17.4. The zero-order valence-electron chi connectivity index (χ0n) is 15.0. The summed E-state index contributed by atoms with van der Waals surface area (Å²) in [6.45, 7) is 1.39. The lowest BCUT2D eigenvalue weighted by Crippen LogP contribution is -2.37. The van der Waals surface area contributed by atoms with Crippen LogP contribution in [0.25, 0.3) is 0 Å². The number of carbonyl (C=O) groups excluding carboxylic acids is 1. The third-order valence-corrected chi connectivity index (χ3v) is 4.82. The van der Waals surface area contributed by atoms with Crippen molar-refractivity contribution < 1.29 is 9.53 Å². The number of aromatic nitrogens is 3. The second-order valence-corrected chi connectivity index (χ2v) is 6.63. The molecule has 25 heavy (non-hydrogen) atoms. The minimum absolute atomic E-state index is 0.137. The molecular weight excluding hydrogens is 318 g/mol. The van der Waals surface area contributed by atoms with Crippen molar-refractivity contribution in [2.45, 2.75) is 24.9 Å². The van der Waals surface area contributed by atoms with Crippen LogP contribution in [0, 0.1) is 0 Å². The largest absolute Gasteiger partial charge is 0.497 e. The van der Waals surface area contributed by atoms with Crippen molar-refractivity contribution in [1.82, 2.24) is 24.8 Å². The molecule has 1 aromatic heterocycles. The summed E-state index contributed by atoms with van der Waals surface area (Å²) in [6, 6.07) is 8.26. The molecule has 0 saturated carbocycles. The van der Waals surface area contributed by atoms with Crippen LogP contribution in [0.5, 0.6) is 5.75 Å². The Balaban J connectivity index is 1.62. The van der Waals surface area contributed by atoms with E-state index in [0.29, 0.717) is 25.9 Å². The van der Waals surface area contributed by atoms with E-state index >= 15 is 0 Å². The lowest BCUT2D eigenvalue weighted by atomic mass is 10.1. The van der Waals surface area contributed by atoms with Crippen LogP contribution in [0.15, 0.2) is 36.7 Å². The third-order valence-electron chi connectivity index (χ3n) is 4.82. The fraction of sp³-hybridized carbons (Fsp3) is 0.500. The Hall–Kier alpha value is -2.41. The molecule has 1 aromatic carbocycles. The molecule has 1 aliphatic rings. The van der Waals surface area contributed by atoms with Crippen LogP contribution in [0.4, 0.5) is 0 Å². The Morgan fingerprint density at radius 1 is 1.36 bits per heavy atom. The molecule has 0 aliphatic carbocycles. The molecule has 2 atom stereocenters. The van der Waals surface area contributed by atoms with Crippen LogP contribution >= 0.6 is 0 Å². The molecular formula is C18H25N5O2. The maximum atomic E-state index is 12.7. The molecule has 1 amide bonds. The molecule has 1 saturated heterocycles. The van der Waals surface area contributed by atoms with E-state index in [0.717, 1.165) is 11.3 Å². The first-order chi connectivity index (χ1) is 12.1. The van der Waals surface area contributed by atoms with Crippen molar-refractivity contribution in [3.8, 4) is 5.75 Å². The van der Waals surface area contributed by atoms with Gasteiger partial charge in [0, 0.05) is 25.7 Å². The van der Waals surface area contributed by atoms with Gasteiger partial charge in [0.25, 0.3) is 0 Å². The van der Waals surface area contributed by atoms with Gasteiger partial charge < -0.3 is 14.5 Å². The molecule has 0 bridgehead atoms. The minimum Gasteiger partial charge on any atom is -0.497 e. The average molecular weight is 343 g/mol. The first-order valence-corrected chi connectivity index (χ1v) is 8.51. The van der Waals surface area contributed by atoms with Crippen LogP contribution in [0.2, 0.25) is 0 Å². The number of likely N-dealkylation sites (tertiary alicyclic amines) is 1. The fourth-order valence-corrected chi connectivity index (χ4v) is 3.37. The molecule has 0 N–H and O–H groups in total. The predicted molar refractivity (Wildman–Crippen MR) is 94.4 cm³/mol. The smallest absolute Gasteiger partial charge is 0.223 e. The van der Waals surface area contributed by atoms with Crippen molar-refractivity contribution in [2.75, 3.05) is 34.3 Å². The van der Waals surface area contributed by atoms with Crippen molar-refractivity contribution in [3.05, 3.63) is 42.2 Å². The quantitative estimate of drug-likeness (QED) is 0.789. The van der Waals surface area contributed by atoms with Gasteiger partial charge in [0.1, 0.15) is 5.75 Å². The molecule has 0 radical (unpaired) electrons. The predicted octanol–water partition coefficient (Wildman–Crippen LogP) is 1.23. The number of carbonyl (C=O) groups is 1. The van der Waals surface area contributed by atoms with Gasteiger partial charge in [0.05, 0.1) is 25.4 Å². The highest BCUT2D eigenvalue weighted by molar-refractivity contribution is 5.77. The molecule has 2 aromatic rings. The van der Waals surface area contributed by atoms with E-state index < -0.39 is 0 Å². The van der Waals surface area contributed by atoms with Gasteiger partial charge >= 0.3 is 0 Å². The number of likely N-dealkylation sites (N-methyl/N-ethyl adjacent to an activating group) is 1. The molecule has 3 rings (SSSR count). The highest BCUT2D eigenvalue weighted by Crippen LogP contribution is 2.25. The van der Waals surface area contributed by atoms with E-state index in [9.17, 15) is 4.79 Å². The second-order valence-electron chi connectivity index (χ2n) is 6.63. The van der Waals surface area contributed by atoms with Gasteiger partial charge in [0.15, 0.2) is 0 Å². The standard InChI is InChI=1S/C18H25N5O2/c1-21(2)16-12-22(13-17(16)23-10-9-19-20-23)18(24)8-7-14-5-4-6-15(11-14)25-3/h4-6,9-11,16-17H,7-8,12-13H2,1-3H3/t16-,17+/m1/s1. The van der Waals surface area contributed by atoms with Crippen molar-refractivity contribution in [1.29, 1.82) is 0 Å². The first-order valence-electron chi connectivity index (χ1n) is 8.51. The zero-order chi connectivity index (χ0) is 17.8. The van der Waals surface area contributed by atoms with Crippen LogP contribution in [-0.2, 0) is 11.2 Å². The monoisotopic (exact) mass is 343 g/mol. The Morgan fingerprint density at radius 3 is 2.88 bits per heavy atom. The van der Waals surface area contributed by atoms with Crippen LogP contribution in [0.1, 0.15) is 18.0 Å². The summed E-state index contributed by atoms with van der Waals surface area (Å²) in [5.41, 5.74) is 1.11. The van der Waals surface area contributed by atoms with E-state index in [-0.39, 0.29) is 18.0 Å². The zero-order valence-corrected chi connectivity index (χ0v) is 15.0. The van der Waals surface area contributed by atoms with Crippen molar-refractivity contribution in [2.24, 2.45) is 0 Å². The maximum absolute atomic E-state index is 12.7. The van der Waals surface area contributed by atoms with Crippen molar-refractivity contribution >= 4 is 5.91 Å². The number of amides is 1. The lowest BCUT2D eigenvalue weighted by Gasteiger charge is -2.24. The molecule has 134 valence electrons. The third kappa shape index (κ3) is 3.99. The Bertz CT molecular complexity index is 701. The topological polar surface area (TPSA) is 63.5 Å². The number of methoxy groups -OCH3 is 1. The van der Waals surface area contributed by atoms with Crippen molar-refractivity contribution in [3.63, 3.8) is 0 Å². The summed E-state index contributed by atoms with van der Waals surface area (Å²) in [7, 11) is 5.73. The highest BCUT2D eigenvalue weighted by atomic mass is 16.5. The van der Waals surface area contributed by atoms with E-state index in [1.807, 2.05) is 54.1 Å². The Labute approximate surface area is 148 Å². The molecule has 0 unspecified atom stereocenters. The summed E-state index contributed by atoms with van der Waals surface area (Å²) in [5, 5.41) is 8.03. The number of benzene rings is 1. The molecule has 7 heteroatoms. The van der Waals surface area contributed by atoms with Crippen LogP contribution < -0.4 is 4.74 Å².